The van der Waals surface area contributed by atoms with E-state index in [1.165, 1.54) is 44.5 Å². The number of benzene rings is 1. The number of hydrogen-bond donors (Lipinski definition) is 0. The molecule has 2 heteroatoms. The molecule has 0 unspecified atom stereocenters. The maximum Gasteiger partial charge on any atom is 4.00 e. The van der Waals surface area contributed by atoms with Crippen molar-refractivity contribution in [2.24, 2.45) is 0 Å². The van der Waals surface area contributed by atoms with Gasteiger partial charge in [0.25, 0.3) is 0 Å². The molecular formula is C42H42Zr2. The third kappa shape index (κ3) is 13.5. The summed E-state index contributed by atoms with van der Waals surface area (Å²) in [5.74, 6) is 0. The van der Waals surface area contributed by atoms with Gasteiger partial charge in [0.1, 0.15) is 0 Å². The first-order valence-corrected chi connectivity index (χ1v) is 14.6. The standard InChI is InChI=1S/C22H22.4C5H5.2Zr/c1-5-15-9-19-13-21-11-17(7-3)18(8-4)12-22(21)14-20(19)10-16(15)6-2;4*1-2-4-5-3-1;;/h13-14H,9-12H2,1-4H3;4*1-5H;;/q-4;4*-1;2*+4. The first-order valence-electron chi connectivity index (χ1n) is 14.6. The van der Waals surface area contributed by atoms with Crippen molar-refractivity contribution >= 4 is 0 Å². The van der Waals surface area contributed by atoms with Crippen molar-refractivity contribution < 1.29 is 52.4 Å². The van der Waals surface area contributed by atoms with Gasteiger partial charge in [-0.1, -0.05) is 34.4 Å². The van der Waals surface area contributed by atoms with Crippen LogP contribution < -0.4 is 0 Å². The molecule has 0 fully saturated rings. The predicted octanol–water partition coefficient (Wildman–Crippen LogP) is 10.5. The summed E-state index contributed by atoms with van der Waals surface area (Å²) in [7, 11) is 0. The minimum atomic E-state index is 0. The normalized spacial score (nSPS) is 16.1. The summed E-state index contributed by atoms with van der Waals surface area (Å²) in [6.45, 7) is 8.04. The summed E-state index contributed by atoms with van der Waals surface area (Å²) in [6.07, 6.45) is 17.4. The van der Waals surface area contributed by atoms with Crippen molar-refractivity contribution in [3.8, 4) is 0 Å². The Labute approximate surface area is 305 Å². The zero-order chi connectivity index (χ0) is 29.8. The fourth-order valence-electron chi connectivity index (χ4n) is 4.88. The number of allylic oxidation sites excluding steroid dienone is 8. The first-order chi connectivity index (χ1) is 20.7. The minimum absolute atomic E-state index is 0. The molecule has 0 aliphatic heterocycles. The minimum Gasteiger partial charge on any atom is -0.376 e. The van der Waals surface area contributed by atoms with E-state index in [-0.39, 0.29) is 52.4 Å². The molecule has 0 amide bonds. The Hall–Kier alpha value is -2.65. The van der Waals surface area contributed by atoms with Crippen LogP contribution in [0, 0.1) is 24.3 Å². The summed E-state index contributed by atoms with van der Waals surface area (Å²) >= 11 is 0. The van der Waals surface area contributed by atoms with Crippen molar-refractivity contribution in [3.05, 3.63) is 202 Å². The molecule has 0 radical (unpaired) electrons. The maximum absolute atomic E-state index is 3.35. The van der Waals surface area contributed by atoms with Gasteiger partial charge in [-0.2, -0.15) is 72.8 Å². The Morgan fingerprint density at radius 1 is 0.364 bits per heavy atom. The van der Waals surface area contributed by atoms with Crippen LogP contribution in [0.2, 0.25) is 0 Å². The molecule has 2 aliphatic rings. The van der Waals surface area contributed by atoms with Gasteiger partial charge in [-0.25, -0.2) is 48.5 Å². The molecule has 0 saturated heterocycles. The molecule has 218 valence electrons. The molecule has 0 spiro atoms. The van der Waals surface area contributed by atoms with Gasteiger partial charge in [-0.05, 0) is 0 Å². The zero-order valence-electron chi connectivity index (χ0n) is 26.5. The van der Waals surface area contributed by atoms with Crippen LogP contribution >= 0.6 is 0 Å². The van der Waals surface area contributed by atoms with Gasteiger partial charge in [0.05, 0.1) is 0 Å². The quantitative estimate of drug-likeness (QED) is 0.139. The van der Waals surface area contributed by atoms with Crippen LogP contribution in [0.1, 0.15) is 49.9 Å². The molecule has 2 aliphatic carbocycles. The van der Waals surface area contributed by atoms with Crippen LogP contribution in [0.4, 0.5) is 0 Å². The van der Waals surface area contributed by atoms with Crippen molar-refractivity contribution in [1.82, 2.24) is 0 Å². The van der Waals surface area contributed by atoms with E-state index in [1.807, 2.05) is 149 Å². The molecular weight excluding hydrogens is 687 g/mol. The molecule has 0 saturated carbocycles. The molecule has 0 aromatic heterocycles. The molecule has 0 N–H and O–H groups in total. The van der Waals surface area contributed by atoms with E-state index in [4.69, 9.17) is 0 Å². The first kappa shape index (κ1) is 39.4. The second-order valence-electron chi connectivity index (χ2n) is 9.86. The molecule has 44 heavy (non-hydrogen) atoms. The van der Waals surface area contributed by atoms with Gasteiger partial charge in [-0.3, -0.25) is 0 Å². The van der Waals surface area contributed by atoms with Gasteiger partial charge >= 0.3 is 52.4 Å². The van der Waals surface area contributed by atoms with Gasteiger partial charge in [0, 0.05) is 0 Å². The third-order valence-corrected chi connectivity index (χ3v) is 7.15. The fraction of sp³-hybridized carbons (Fsp3) is 0.190. The van der Waals surface area contributed by atoms with E-state index in [2.05, 4.69) is 36.4 Å². The molecule has 0 heterocycles. The molecule has 5 aromatic carbocycles. The van der Waals surface area contributed by atoms with E-state index < -0.39 is 0 Å². The van der Waals surface area contributed by atoms with Crippen LogP contribution in [-0.2, 0) is 78.1 Å². The average Bonchev–Trinajstić information content (AvgIpc) is 3.88. The molecule has 0 atom stereocenters. The van der Waals surface area contributed by atoms with Gasteiger partial charge < -0.3 is 46.6 Å². The Balaban J connectivity index is 0.000000353. The Kier molecular flexibility index (Phi) is 21.2. The zero-order valence-corrected chi connectivity index (χ0v) is 31.4. The van der Waals surface area contributed by atoms with Gasteiger partial charge in [-0.15, -0.1) is 53.4 Å². The average molecular weight is 729 g/mol. The van der Waals surface area contributed by atoms with E-state index in [9.17, 15) is 0 Å². The van der Waals surface area contributed by atoms with Gasteiger partial charge in [0.2, 0.25) is 0 Å². The monoisotopic (exact) mass is 726 g/mol. The van der Waals surface area contributed by atoms with Gasteiger partial charge in [0.15, 0.2) is 0 Å². The van der Waals surface area contributed by atoms with Crippen molar-refractivity contribution in [2.75, 3.05) is 0 Å². The summed E-state index contributed by atoms with van der Waals surface area (Å²) in [6, 6.07) is 44.8. The molecule has 7 rings (SSSR count). The van der Waals surface area contributed by atoms with Crippen LogP contribution in [-0.4, -0.2) is 0 Å². The maximum atomic E-state index is 3.35. The second-order valence-corrected chi connectivity index (χ2v) is 9.86. The van der Waals surface area contributed by atoms with Crippen molar-refractivity contribution in [2.45, 2.75) is 53.4 Å². The van der Waals surface area contributed by atoms with Crippen molar-refractivity contribution in [3.63, 3.8) is 0 Å². The number of hydrogen-bond acceptors (Lipinski definition) is 0. The summed E-state index contributed by atoms with van der Waals surface area (Å²) in [5, 5.41) is 0. The second kappa shape index (κ2) is 23.7. The predicted molar refractivity (Wildman–Crippen MR) is 179 cm³/mol. The van der Waals surface area contributed by atoms with Crippen LogP contribution in [0.5, 0.6) is 0 Å². The van der Waals surface area contributed by atoms with Crippen LogP contribution in [0.25, 0.3) is 0 Å². The molecule has 0 bridgehead atoms. The number of fused-ring (bicyclic) bond motifs is 2. The Morgan fingerprint density at radius 3 is 0.659 bits per heavy atom. The summed E-state index contributed by atoms with van der Waals surface area (Å²) in [5.41, 5.74) is 11.1. The third-order valence-electron chi connectivity index (χ3n) is 7.15. The van der Waals surface area contributed by atoms with E-state index in [0.29, 0.717) is 0 Å². The van der Waals surface area contributed by atoms with Crippen LogP contribution in [0.3, 0.4) is 0 Å². The van der Waals surface area contributed by atoms with Crippen LogP contribution in [0.15, 0.2) is 156 Å². The molecule has 0 nitrogen and oxygen atoms in total. The van der Waals surface area contributed by atoms with E-state index in [1.54, 1.807) is 0 Å². The number of rotatable bonds is 0. The summed E-state index contributed by atoms with van der Waals surface area (Å²) in [4.78, 5) is 0. The summed E-state index contributed by atoms with van der Waals surface area (Å²) < 4.78 is 0. The topological polar surface area (TPSA) is 0 Å². The fourth-order valence-corrected chi connectivity index (χ4v) is 4.88. The van der Waals surface area contributed by atoms with E-state index in [0.717, 1.165) is 25.7 Å². The Morgan fingerprint density at radius 2 is 0.545 bits per heavy atom. The van der Waals surface area contributed by atoms with Crippen molar-refractivity contribution in [1.29, 1.82) is 0 Å². The largest absolute Gasteiger partial charge is 4.00 e. The molecule has 5 aromatic rings. The SMILES string of the molecule is C[C-]=C1Cc2cc3c(cc2CC1=[C-]C)CC(=[C-]C)C(=[C-]C)C3.[Zr+4].[Zr+4].c1cc[cH-]c1.c1cc[cH-]c1.c1cc[cH-]c1.c1cc[cH-]c1. The smallest absolute Gasteiger partial charge is 0.376 e. The van der Waals surface area contributed by atoms with E-state index >= 15 is 0 Å². The Bertz CT molecular complexity index is 1170.